The standard InChI is InChI=1S/C37H47ClN2O4/c1-35(2,3)28-18-24(19-29(33(28)41)36(4,5)6)10-11-25-12-14-27(38)21-30(25)39-34(42)40(7)22-37(16-8-9-17-37)26-13-15-31-32(20-26)44-23-43-31/h12-15,18-21,41H,8-11,16-17,22-23H2,1-7H3,(H,39,42). The van der Waals surface area contributed by atoms with Gasteiger partial charge in [0.15, 0.2) is 11.5 Å². The second kappa shape index (κ2) is 12.2. The molecule has 0 radical (unpaired) electrons. The van der Waals surface area contributed by atoms with Gasteiger partial charge in [-0.1, -0.05) is 90.3 Å². The summed E-state index contributed by atoms with van der Waals surface area (Å²) in [5, 5.41) is 14.9. The van der Waals surface area contributed by atoms with E-state index >= 15 is 0 Å². The fraction of sp³-hybridized carbons (Fsp3) is 0.486. The Morgan fingerprint density at radius 3 is 2.18 bits per heavy atom. The van der Waals surface area contributed by atoms with Crippen LogP contribution in [-0.4, -0.2) is 36.4 Å². The maximum Gasteiger partial charge on any atom is 0.321 e. The van der Waals surface area contributed by atoms with Gasteiger partial charge in [0.1, 0.15) is 5.75 Å². The van der Waals surface area contributed by atoms with Crippen molar-refractivity contribution < 1.29 is 19.4 Å². The average Bonchev–Trinajstić information content (AvgIpc) is 3.62. The number of hydrogen-bond donors (Lipinski definition) is 2. The molecule has 0 bridgehead atoms. The number of carbonyl (C=O) groups is 1. The van der Waals surface area contributed by atoms with E-state index in [4.69, 9.17) is 21.1 Å². The molecule has 0 atom stereocenters. The Bertz CT molecular complexity index is 1490. The zero-order valence-electron chi connectivity index (χ0n) is 27.3. The van der Waals surface area contributed by atoms with Crippen LogP contribution >= 0.6 is 11.6 Å². The van der Waals surface area contributed by atoms with E-state index in [0.717, 1.165) is 78.0 Å². The van der Waals surface area contributed by atoms with Gasteiger partial charge in [0.2, 0.25) is 6.79 Å². The number of amides is 2. The van der Waals surface area contributed by atoms with Crippen LogP contribution in [0.2, 0.25) is 5.02 Å². The van der Waals surface area contributed by atoms with Crippen LogP contribution in [0.5, 0.6) is 17.2 Å². The fourth-order valence-electron chi connectivity index (χ4n) is 6.70. The van der Waals surface area contributed by atoms with Gasteiger partial charge >= 0.3 is 6.03 Å². The topological polar surface area (TPSA) is 71.0 Å². The number of urea groups is 1. The summed E-state index contributed by atoms with van der Waals surface area (Å²) in [5.74, 6) is 1.94. The van der Waals surface area contributed by atoms with E-state index in [-0.39, 0.29) is 29.1 Å². The van der Waals surface area contributed by atoms with Crippen molar-refractivity contribution in [3.05, 3.63) is 81.4 Å². The Morgan fingerprint density at radius 1 is 0.909 bits per heavy atom. The molecule has 5 rings (SSSR count). The van der Waals surface area contributed by atoms with Gasteiger partial charge in [-0.15, -0.1) is 0 Å². The number of phenolic OH excluding ortho intramolecular Hbond substituents is 1. The highest BCUT2D eigenvalue weighted by Crippen LogP contribution is 2.45. The number of aryl methyl sites for hydroxylation is 2. The number of nitrogens with one attached hydrogen (secondary N) is 1. The number of fused-ring (bicyclic) bond motifs is 1. The second-order valence-electron chi connectivity index (χ2n) is 14.7. The fourth-order valence-corrected chi connectivity index (χ4v) is 6.87. The molecule has 0 spiro atoms. The van der Waals surface area contributed by atoms with Gasteiger partial charge in [-0.2, -0.15) is 0 Å². The van der Waals surface area contributed by atoms with Crippen molar-refractivity contribution in [2.45, 2.75) is 96.3 Å². The Labute approximate surface area is 267 Å². The first-order valence-electron chi connectivity index (χ1n) is 15.7. The number of benzene rings is 3. The highest BCUT2D eigenvalue weighted by Gasteiger charge is 2.38. The molecule has 2 aliphatic rings. The summed E-state index contributed by atoms with van der Waals surface area (Å²) in [5.41, 5.74) is 5.49. The smallest absolute Gasteiger partial charge is 0.321 e. The number of likely N-dealkylation sites (N-methyl/N-ethyl adjacent to an activating group) is 1. The maximum absolute atomic E-state index is 13.6. The first kappa shape index (κ1) is 32.0. The summed E-state index contributed by atoms with van der Waals surface area (Å²) in [4.78, 5) is 15.4. The summed E-state index contributed by atoms with van der Waals surface area (Å²) in [7, 11) is 1.87. The third kappa shape index (κ3) is 6.81. The molecule has 2 N–H and O–H groups in total. The predicted octanol–water partition coefficient (Wildman–Crippen LogP) is 9.13. The van der Waals surface area contributed by atoms with Gasteiger partial charge < -0.3 is 24.8 Å². The van der Waals surface area contributed by atoms with Crippen LogP contribution in [0.1, 0.15) is 95.0 Å². The molecule has 1 heterocycles. The maximum atomic E-state index is 13.6. The van der Waals surface area contributed by atoms with Gasteiger partial charge in [0.05, 0.1) is 0 Å². The summed E-state index contributed by atoms with van der Waals surface area (Å²) < 4.78 is 11.2. The van der Waals surface area contributed by atoms with Gasteiger partial charge in [0.25, 0.3) is 0 Å². The van der Waals surface area contributed by atoms with Crippen molar-refractivity contribution in [1.29, 1.82) is 0 Å². The summed E-state index contributed by atoms with van der Waals surface area (Å²) in [6.45, 7) is 13.6. The number of anilines is 1. The predicted molar refractivity (Wildman–Crippen MR) is 179 cm³/mol. The lowest BCUT2D eigenvalue weighted by atomic mass is 9.78. The number of aromatic hydroxyl groups is 1. The van der Waals surface area contributed by atoms with Crippen molar-refractivity contribution in [2.75, 3.05) is 25.7 Å². The normalized spacial score (nSPS) is 15.8. The van der Waals surface area contributed by atoms with Crippen LogP contribution < -0.4 is 14.8 Å². The van der Waals surface area contributed by atoms with Gasteiger partial charge in [-0.25, -0.2) is 4.79 Å². The molecule has 6 nitrogen and oxygen atoms in total. The van der Waals surface area contributed by atoms with Crippen LogP contribution in [0.3, 0.4) is 0 Å². The van der Waals surface area contributed by atoms with Gasteiger partial charge in [0, 0.05) is 29.7 Å². The molecular weight excluding hydrogens is 572 g/mol. The van der Waals surface area contributed by atoms with E-state index in [0.29, 0.717) is 17.3 Å². The molecule has 44 heavy (non-hydrogen) atoms. The highest BCUT2D eigenvalue weighted by molar-refractivity contribution is 6.31. The molecule has 1 aliphatic carbocycles. The van der Waals surface area contributed by atoms with E-state index < -0.39 is 0 Å². The monoisotopic (exact) mass is 618 g/mol. The molecular formula is C37H47ClN2O4. The minimum atomic E-state index is -0.193. The number of phenols is 1. The van der Waals surface area contributed by atoms with E-state index in [1.807, 2.05) is 31.3 Å². The lowest BCUT2D eigenvalue weighted by molar-refractivity contribution is 0.174. The lowest BCUT2D eigenvalue weighted by Gasteiger charge is -2.34. The van der Waals surface area contributed by atoms with Crippen molar-refractivity contribution in [3.63, 3.8) is 0 Å². The molecule has 0 saturated heterocycles. The van der Waals surface area contributed by atoms with E-state index in [2.05, 4.69) is 71.1 Å². The van der Waals surface area contributed by atoms with E-state index in [1.54, 1.807) is 4.90 Å². The molecule has 236 valence electrons. The van der Waals surface area contributed by atoms with Crippen LogP contribution in [-0.2, 0) is 29.1 Å². The molecule has 3 aromatic carbocycles. The lowest BCUT2D eigenvalue weighted by Crippen LogP contribution is -2.42. The summed E-state index contributed by atoms with van der Waals surface area (Å²) in [6.07, 6.45) is 5.79. The molecule has 0 unspecified atom stereocenters. The van der Waals surface area contributed by atoms with Crippen LogP contribution in [0.25, 0.3) is 0 Å². The Balaban J connectivity index is 1.34. The minimum Gasteiger partial charge on any atom is -0.507 e. The van der Waals surface area contributed by atoms with Gasteiger partial charge in [-0.05, 0) is 88.6 Å². The number of carbonyl (C=O) groups excluding carboxylic acids is 1. The SMILES string of the molecule is CN(CC1(c2ccc3c(c2)OCO3)CCCC1)C(=O)Nc1cc(Cl)ccc1CCc1cc(C(C)(C)C)c(O)c(C(C)(C)C)c1. The number of rotatable bonds is 7. The Kier molecular flexibility index (Phi) is 8.87. The molecule has 7 heteroatoms. The van der Waals surface area contributed by atoms with Crippen LogP contribution in [0, 0.1) is 0 Å². The first-order valence-corrected chi connectivity index (χ1v) is 16.1. The first-order chi connectivity index (χ1) is 20.7. The van der Waals surface area contributed by atoms with Crippen LogP contribution in [0.4, 0.5) is 10.5 Å². The molecule has 3 aromatic rings. The quantitative estimate of drug-likeness (QED) is 0.277. The minimum absolute atomic E-state index is 0.126. The molecule has 2 amide bonds. The third-order valence-corrected chi connectivity index (χ3v) is 9.45. The second-order valence-corrected chi connectivity index (χ2v) is 15.1. The van der Waals surface area contributed by atoms with Crippen LogP contribution in [0.15, 0.2) is 48.5 Å². The number of nitrogens with zero attached hydrogens (tertiary/aromatic N) is 1. The molecule has 0 aromatic heterocycles. The van der Waals surface area contributed by atoms with Gasteiger partial charge in [-0.3, -0.25) is 0 Å². The van der Waals surface area contributed by atoms with E-state index in [1.165, 1.54) is 5.56 Å². The van der Waals surface area contributed by atoms with Crippen molar-refractivity contribution >= 4 is 23.3 Å². The number of halogens is 1. The third-order valence-electron chi connectivity index (χ3n) is 9.21. The largest absolute Gasteiger partial charge is 0.507 e. The highest BCUT2D eigenvalue weighted by atomic mass is 35.5. The van der Waals surface area contributed by atoms with Crippen molar-refractivity contribution in [2.24, 2.45) is 0 Å². The Hall–Kier alpha value is -3.38. The van der Waals surface area contributed by atoms with E-state index in [9.17, 15) is 9.90 Å². The molecule has 1 fully saturated rings. The zero-order valence-corrected chi connectivity index (χ0v) is 28.0. The zero-order chi connectivity index (χ0) is 31.9. The Morgan fingerprint density at radius 2 is 1.55 bits per heavy atom. The molecule has 1 aliphatic heterocycles. The summed E-state index contributed by atoms with van der Waals surface area (Å²) in [6, 6.07) is 16.0. The molecule has 1 saturated carbocycles. The van der Waals surface area contributed by atoms with Crippen molar-refractivity contribution in [3.8, 4) is 17.2 Å². The number of ether oxygens (including phenoxy) is 2. The number of hydrogen-bond acceptors (Lipinski definition) is 4. The average molecular weight is 619 g/mol. The summed E-state index contributed by atoms with van der Waals surface area (Å²) >= 11 is 6.43. The van der Waals surface area contributed by atoms with Crippen molar-refractivity contribution in [1.82, 2.24) is 4.90 Å².